The maximum atomic E-state index is 12.3. The highest BCUT2D eigenvalue weighted by molar-refractivity contribution is 7.92. The molecule has 21 heavy (non-hydrogen) atoms. The van der Waals surface area contributed by atoms with Crippen LogP contribution in [-0.4, -0.2) is 25.6 Å². The van der Waals surface area contributed by atoms with Crippen LogP contribution >= 0.6 is 11.6 Å². The molecule has 0 saturated heterocycles. The van der Waals surface area contributed by atoms with Crippen molar-refractivity contribution in [2.75, 3.05) is 5.75 Å². The van der Waals surface area contributed by atoms with Crippen LogP contribution in [0.2, 0.25) is 5.02 Å². The van der Waals surface area contributed by atoms with Crippen molar-refractivity contribution in [1.29, 1.82) is 0 Å². The van der Waals surface area contributed by atoms with E-state index >= 15 is 0 Å². The third-order valence-electron chi connectivity index (χ3n) is 3.57. The first-order valence-corrected chi connectivity index (χ1v) is 8.95. The molecule has 0 aliphatic heterocycles. The molecule has 1 rings (SSSR count). The van der Waals surface area contributed by atoms with Crippen LogP contribution < -0.4 is 5.32 Å². The van der Waals surface area contributed by atoms with Crippen molar-refractivity contribution in [1.82, 2.24) is 5.32 Å². The van der Waals surface area contributed by atoms with E-state index < -0.39 is 32.3 Å². The van der Waals surface area contributed by atoms with Gasteiger partial charge in [-0.1, -0.05) is 30.7 Å². The van der Waals surface area contributed by atoms with Crippen LogP contribution in [0.3, 0.4) is 0 Å². The number of nitrogens with one attached hydrogen (secondary N) is 1. The van der Waals surface area contributed by atoms with Crippen molar-refractivity contribution in [3.05, 3.63) is 34.9 Å². The lowest BCUT2D eigenvalue weighted by atomic mass is 10.0. The molecule has 0 radical (unpaired) electrons. The molecule has 1 atom stereocenters. The van der Waals surface area contributed by atoms with Crippen LogP contribution in [0.15, 0.2) is 24.3 Å². The lowest BCUT2D eigenvalue weighted by Gasteiger charge is -2.24. The quantitative estimate of drug-likeness (QED) is 0.871. The van der Waals surface area contributed by atoms with Gasteiger partial charge in [0, 0.05) is 10.6 Å². The number of halogens is 1. The van der Waals surface area contributed by atoms with E-state index in [9.17, 15) is 13.2 Å². The third-order valence-corrected chi connectivity index (χ3v) is 5.84. The summed E-state index contributed by atoms with van der Waals surface area (Å²) in [5.41, 5.74) is 0.220. The Bertz CT molecular complexity index is 594. The van der Waals surface area contributed by atoms with Crippen LogP contribution in [0.4, 0.5) is 0 Å². The fourth-order valence-electron chi connectivity index (χ4n) is 1.75. The molecule has 118 valence electrons. The molecule has 0 aromatic heterocycles. The summed E-state index contributed by atoms with van der Waals surface area (Å²) < 4.78 is 24.6. The summed E-state index contributed by atoms with van der Waals surface area (Å²) >= 11 is 5.79. The van der Waals surface area contributed by atoms with Crippen molar-refractivity contribution in [2.45, 2.75) is 44.9 Å². The number of hydrogen-bond donors (Lipinski definition) is 1. The Balaban J connectivity index is 2.81. The first-order chi connectivity index (χ1) is 9.57. The summed E-state index contributed by atoms with van der Waals surface area (Å²) in [4.78, 5) is 11.9. The summed E-state index contributed by atoms with van der Waals surface area (Å²) in [6, 6.07) is 6.61. The zero-order chi connectivity index (χ0) is 16.3. The number of sulfone groups is 1. The van der Waals surface area contributed by atoms with Crippen LogP contribution in [-0.2, 0) is 14.6 Å². The van der Waals surface area contributed by atoms with Gasteiger partial charge in [-0.05, 0) is 44.9 Å². The standard InChI is InChI=1S/C15H22ClNO3S/c1-5-15(3,4)17-14(18)10-21(19,20)11(2)12-6-8-13(16)9-7-12/h6-9,11H,5,10H2,1-4H3,(H,17,18). The zero-order valence-corrected chi connectivity index (χ0v) is 14.4. The minimum atomic E-state index is -3.56. The van der Waals surface area contributed by atoms with Crippen molar-refractivity contribution in [3.63, 3.8) is 0 Å². The topological polar surface area (TPSA) is 63.2 Å². The van der Waals surface area contributed by atoms with Gasteiger partial charge >= 0.3 is 0 Å². The Labute approximate surface area is 131 Å². The van der Waals surface area contributed by atoms with Gasteiger partial charge in [-0.3, -0.25) is 4.79 Å². The van der Waals surface area contributed by atoms with Crippen molar-refractivity contribution < 1.29 is 13.2 Å². The average Bonchev–Trinajstić information content (AvgIpc) is 2.37. The minimum Gasteiger partial charge on any atom is -0.350 e. The second-order valence-electron chi connectivity index (χ2n) is 5.79. The number of amides is 1. The fraction of sp³-hybridized carbons (Fsp3) is 0.533. The molecular weight excluding hydrogens is 310 g/mol. The van der Waals surface area contributed by atoms with E-state index in [0.717, 1.165) is 6.42 Å². The average molecular weight is 332 g/mol. The highest BCUT2D eigenvalue weighted by Crippen LogP contribution is 2.24. The number of carbonyl (C=O) groups excluding carboxylic acids is 1. The summed E-state index contributed by atoms with van der Waals surface area (Å²) in [5, 5.41) is 2.54. The predicted molar refractivity (Wildman–Crippen MR) is 86.2 cm³/mol. The van der Waals surface area contributed by atoms with Gasteiger partial charge in [0.25, 0.3) is 0 Å². The molecule has 0 saturated carbocycles. The second-order valence-corrected chi connectivity index (χ2v) is 8.54. The van der Waals surface area contributed by atoms with Crippen molar-refractivity contribution in [3.8, 4) is 0 Å². The Kier molecular flexibility index (Phi) is 5.82. The third kappa shape index (κ3) is 5.32. The monoisotopic (exact) mass is 331 g/mol. The molecule has 1 N–H and O–H groups in total. The Morgan fingerprint density at radius 1 is 1.29 bits per heavy atom. The first-order valence-electron chi connectivity index (χ1n) is 6.85. The highest BCUT2D eigenvalue weighted by Gasteiger charge is 2.28. The van der Waals surface area contributed by atoms with Gasteiger partial charge in [0.1, 0.15) is 5.75 Å². The highest BCUT2D eigenvalue weighted by atomic mass is 35.5. The van der Waals surface area contributed by atoms with Crippen LogP contribution in [0.25, 0.3) is 0 Å². The lowest BCUT2D eigenvalue weighted by molar-refractivity contribution is -0.120. The van der Waals surface area contributed by atoms with Gasteiger partial charge in [-0.15, -0.1) is 0 Å². The van der Waals surface area contributed by atoms with Crippen molar-refractivity contribution >= 4 is 27.3 Å². The predicted octanol–water partition coefficient (Wildman–Crippen LogP) is 3.12. The molecule has 0 aliphatic carbocycles. The van der Waals surface area contributed by atoms with Gasteiger partial charge in [0.15, 0.2) is 9.84 Å². The zero-order valence-electron chi connectivity index (χ0n) is 12.8. The Hall–Kier alpha value is -1.07. The SMILES string of the molecule is CCC(C)(C)NC(=O)CS(=O)(=O)C(C)c1ccc(Cl)cc1. The van der Waals surface area contributed by atoms with E-state index in [0.29, 0.717) is 10.6 Å². The van der Waals surface area contributed by atoms with Gasteiger partial charge in [-0.2, -0.15) is 0 Å². The van der Waals surface area contributed by atoms with E-state index in [2.05, 4.69) is 5.32 Å². The first kappa shape index (κ1) is 18.0. The van der Waals surface area contributed by atoms with Gasteiger partial charge in [0.05, 0.1) is 5.25 Å². The normalized spacial score (nSPS) is 13.8. The van der Waals surface area contributed by atoms with Gasteiger partial charge in [-0.25, -0.2) is 8.42 Å². The van der Waals surface area contributed by atoms with Gasteiger partial charge in [0.2, 0.25) is 5.91 Å². The smallest absolute Gasteiger partial charge is 0.235 e. The molecule has 1 unspecified atom stereocenters. The van der Waals surface area contributed by atoms with Gasteiger partial charge < -0.3 is 5.32 Å². The number of rotatable bonds is 6. The molecule has 0 aliphatic rings. The fourth-order valence-corrected chi connectivity index (χ4v) is 3.14. The largest absolute Gasteiger partial charge is 0.350 e. The minimum absolute atomic E-state index is 0.407. The Morgan fingerprint density at radius 2 is 1.81 bits per heavy atom. The molecule has 1 aromatic rings. The summed E-state index contributed by atoms with van der Waals surface area (Å²) in [5.74, 6) is -0.983. The second kappa shape index (κ2) is 6.79. The van der Waals surface area contributed by atoms with E-state index in [1.165, 1.54) is 0 Å². The molecular formula is C15H22ClNO3S. The lowest BCUT2D eigenvalue weighted by Crippen LogP contribution is -2.45. The number of carbonyl (C=O) groups is 1. The van der Waals surface area contributed by atoms with E-state index in [-0.39, 0.29) is 0 Å². The molecule has 0 heterocycles. The Morgan fingerprint density at radius 3 is 2.29 bits per heavy atom. The molecule has 4 nitrogen and oxygen atoms in total. The van der Waals surface area contributed by atoms with E-state index in [1.807, 2.05) is 20.8 Å². The molecule has 0 bridgehead atoms. The molecule has 0 spiro atoms. The van der Waals surface area contributed by atoms with E-state index in [4.69, 9.17) is 11.6 Å². The van der Waals surface area contributed by atoms with E-state index in [1.54, 1.807) is 31.2 Å². The molecule has 0 fully saturated rings. The summed E-state index contributed by atoms with van der Waals surface area (Å²) in [7, 11) is -3.56. The van der Waals surface area contributed by atoms with Crippen LogP contribution in [0.1, 0.15) is 44.9 Å². The summed E-state index contributed by atoms with van der Waals surface area (Å²) in [6.07, 6.45) is 0.728. The van der Waals surface area contributed by atoms with Crippen LogP contribution in [0.5, 0.6) is 0 Å². The number of hydrogen-bond acceptors (Lipinski definition) is 3. The van der Waals surface area contributed by atoms with Crippen molar-refractivity contribution in [2.24, 2.45) is 0 Å². The molecule has 6 heteroatoms. The maximum absolute atomic E-state index is 12.3. The maximum Gasteiger partial charge on any atom is 0.235 e. The molecule has 1 amide bonds. The number of benzene rings is 1. The molecule has 1 aromatic carbocycles. The summed E-state index contributed by atoms with van der Waals surface area (Å²) in [6.45, 7) is 7.24. The van der Waals surface area contributed by atoms with Crippen LogP contribution in [0, 0.1) is 0 Å².